The summed E-state index contributed by atoms with van der Waals surface area (Å²) in [4.78, 5) is 9.14. The minimum Gasteiger partial charge on any atom is -1.00 e. The van der Waals surface area contributed by atoms with Crippen molar-refractivity contribution in [3.05, 3.63) is 12.7 Å². The molecule has 0 spiro atoms. The van der Waals surface area contributed by atoms with Crippen LogP contribution >= 0.6 is 0 Å². The third kappa shape index (κ3) is 26.1. The van der Waals surface area contributed by atoms with Gasteiger partial charge in [-0.3, -0.25) is 0 Å². The van der Waals surface area contributed by atoms with Crippen LogP contribution < -0.4 is 17.5 Å². The number of carboxylic acids is 1. The van der Waals surface area contributed by atoms with E-state index in [2.05, 4.69) is 62.5 Å². The normalized spacial score (nSPS) is 10.0. The molecule has 0 amide bonds. The second-order valence-corrected chi connectivity index (χ2v) is 5.66. The van der Waals surface area contributed by atoms with E-state index in [4.69, 9.17) is 9.90 Å². The molecule has 20 heavy (non-hydrogen) atoms. The van der Waals surface area contributed by atoms with Crippen molar-refractivity contribution in [1.29, 1.82) is 0 Å². The summed E-state index contributed by atoms with van der Waals surface area (Å²) in [5, 5.41) is 9.14. The van der Waals surface area contributed by atoms with Crippen molar-refractivity contribution in [3.63, 3.8) is 0 Å². The fourth-order valence-corrected chi connectivity index (χ4v) is 0.447. The Bertz CT molecular complexity index is 214. The monoisotopic (exact) mass is 310 g/mol. The van der Waals surface area contributed by atoms with Gasteiger partial charge in [0.2, 0.25) is 0 Å². The molecule has 5 heteroatoms. The Morgan fingerprint density at radius 3 is 1.05 bits per heavy atom. The second-order valence-electron chi connectivity index (χ2n) is 5.66. The van der Waals surface area contributed by atoms with Crippen LogP contribution in [0.4, 0.5) is 0 Å². The smallest absolute Gasteiger partial charge is 0.0753 e. The number of quaternary nitrogens is 2. The minimum atomic E-state index is -1.23. The molecule has 0 saturated carbocycles. The highest BCUT2D eigenvalue weighted by atomic mass is 35.5. The molecule has 0 aliphatic carbocycles. The summed E-state index contributed by atoms with van der Waals surface area (Å²) in [5.74, 6) is -1.23. The number of rotatable bonds is 5. The highest BCUT2D eigenvalue weighted by molar-refractivity contribution is 5.76. The molecule has 0 aliphatic heterocycles. The van der Waals surface area contributed by atoms with Crippen LogP contribution in [0.1, 0.15) is 27.7 Å². The van der Waals surface area contributed by atoms with Crippen molar-refractivity contribution in [2.24, 2.45) is 0 Å². The zero-order valence-corrected chi connectivity index (χ0v) is 15.5. The van der Waals surface area contributed by atoms with Gasteiger partial charge >= 0.3 is 0 Å². The van der Waals surface area contributed by atoms with Crippen LogP contribution in [0.3, 0.4) is 0 Å². The average Bonchev–Trinajstić information content (AvgIpc) is 2.40. The quantitative estimate of drug-likeness (QED) is 0.441. The van der Waals surface area contributed by atoms with Crippen molar-refractivity contribution in [2.45, 2.75) is 27.7 Å². The first-order chi connectivity index (χ1) is 8.51. The van der Waals surface area contributed by atoms with E-state index < -0.39 is 5.97 Å². The van der Waals surface area contributed by atoms with E-state index in [1.165, 1.54) is 26.2 Å². The molecule has 0 aromatic carbocycles. The SMILES string of the molecule is C=CC(=O)[O-].CC[N+](C)(C)CC.CC[N+](C)(C)CC.[Cl-]. The molecule has 0 aliphatic rings. The molecule has 4 nitrogen and oxygen atoms in total. The van der Waals surface area contributed by atoms with Gasteiger partial charge in [-0.2, -0.15) is 0 Å². The van der Waals surface area contributed by atoms with Crippen molar-refractivity contribution in [1.82, 2.24) is 0 Å². The van der Waals surface area contributed by atoms with Crippen LogP contribution in [0.2, 0.25) is 0 Å². The first-order valence-corrected chi connectivity index (χ1v) is 6.99. The molecule has 0 aromatic heterocycles. The first kappa shape index (κ1) is 27.7. The molecule has 0 fully saturated rings. The molecule has 0 N–H and O–H groups in total. The summed E-state index contributed by atoms with van der Waals surface area (Å²) in [6, 6.07) is 0. The summed E-state index contributed by atoms with van der Waals surface area (Å²) in [6.07, 6.45) is 0.722. The summed E-state index contributed by atoms with van der Waals surface area (Å²) in [5.41, 5.74) is 0. The zero-order valence-electron chi connectivity index (χ0n) is 14.7. The topological polar surface area (TPSA) is 40.1 Å². The summed E-state index contributed by atoms with van der Waals surface area (Å²) < 4.78 is 2.28. The van der Waals surface area contributed by atoms with Gasteiger partial charge in [0.25, 0.3) is 0 Å². The van der Waals surface area contributed by atoms with Crippen LogP contribution in [0, 0.1) is 0 Å². The summed E-state index contributed by atoms with van der Waals surface area (Å²) >= 11 is 0. The predicted octanol–water partition coefficient (Wildman–Crippen LogP) is -1.87. The molecule has 124 valence electrons. The van der Waals surface area contributed by atoms with Crippen LogP contribution in [-0.2, 0) is 4.79 Å². The van der Waals surface area contributed by atoms with Crippen LogP contribution in [-0.4, -0.2) is 69.3 Å². The number of nitrogens with zero attached hydrogens (tertiary/aromatic N) is 2. The number of halogens is 1. The highest BCUT2D eigenvalue weighted by Crippen LogP contribution is 1.92. The third-order valence-corrected chi connectivity index (χ3v) is 3.59. The van der Waals surface area contributed by atoms with Gasteiger partial charge in [0.15, 0.2) is 0 Å². The third-order valence-electron chi connectivity index (χ3n) is 3.59. The molecule has 0 heterocycles. The molecular weight excluding hydrogens is 276 g/mol. The van der Waals surface area contributed by atoms with Gasteiger partial charge in [0, 0.05) is 0 Å². The van der Waals surface area contributed by atoms with Crippen LogP contribution in [0.15, 0.2) is 12.7 Å². The number of carbonyl (C=O) groups excluding carboxylic acids is 1. The van der Waals surface area contributed by atoms with E-state index in [9.17, 15) is 0 Å². The summed E-state index contributed by atoms with van der Waals surface area (Å²) in [7, 11) is 8.94. The lowest BCUT2D eigenvalue weighted by molar-refractivity contribution is -0.886. The van der Waals surface area contributed by atoms with Gasteiger partial charge in [-0.05, 0) is 33.8 Å². The Morgan fingerprint density at radius 1 is 0.900 bits per heavy atom. The number of hydrogen-bond donors (Lipinski definition) is 0. The van der Waals surface area contributed by atoms with Crippen molar-refractivity contribution >= 4 is 5.97 Å². The number of carboxylic acid groups (broad SMARTS) is 1. The second kappa shape index (κ2) is 14.8. The van der Waals surface area contributed by atoms with E-state index in [1.807, 2.05) is 0 Å². The van der Waals surface area contributed by atoms with E-state index in [0.717, 1.165) is 15.0 Å². The maximum Gasteiger partial charge on any atom is 0.0753 e. The Balaban J connectivity index is -0.0000000952. The summed E-state index contributed by atoms with van der Waals surface area (Å²) in [6.45, 7) is 16.7. The van der Waals surface area contributed by atoms with Crippen LogP contribution in [0.25, 0.3) is 0 Å². The van der Waals surface area contributed by atoms with Crippen molar-refractivity contribution in [3.8, 4) is 0 Å². The van der Waals surface area contributed by atoms with E-state index in [-0.39, 0.29) is 12.4 Å². The lowest BCUT2D eigenvalue weighted by Crippen LogP contribution is -3.00. The first-order valence-electron chi connectivity index (χ1n) is 6.99. The molecule has 0 bridgehead atoms. The zero-order chi connectivity index (χ0) is 16.1. The lowest BCUT2D eigenvalue weighted by atomic mass is 10.5. The van der Waals surface area contributed by atoms with Gasteiger partial charge < -0.3 is 31.3 Å². The molecule has 0 radical (unpaired) electrons. The minimum absolute atomic E-state index is 0. The van der Waals surface area contributed by atoms with Gasteiger partial charge in [0.1, 0.15) is 0 Å². The van der Waals surface area contributed by atoms with Crippen molar-refractivity contribution in [2.75, 3.05) is 54.4 Å². The highest BCUT2D eigenvalue weighted by Gasteiger charge is 2.05. The Labute approximate surface area is 132 Å². The van der Waals surface area contributed by atoms with E-state index in [0.29, 0.717) is 0 Å². The maximum atomic E-state index is 9.14. The molecule has 0 aromatic rings. The number of hydrogen-bond acceptors (Lipinski definition) is 2. The van der Waals surface area contributed by atoms with Gasteiger partial charge in [-0.25, -0.2) is 0 Å². The van der Waals surface area contributed by atoms with Gasteiger partial charge in [0.05, 0.1) is 60.3 Å². The molecular formula is C15H35ClN2O2. The molecule has 0 rings (SSSR count). The largest absolute Gasteiger partial charge is 1.00 e. The lowest BCUT2D eigenvalue weighted by Gasteiger charge is -2.25. The van der Waals surface area contributed by atoms with Crippen LogP contribution in [0.5, 0.6) is 0 Å². The maximum absolute atomic E-state index is 9.14. The molecule has 0 atom stereocenters. The van der Waals surface area contributed by atoms with Gasteiger partial charge in [-0.15, -0.1) is 0 Å². The Kier molecular flexibility index (Phi) is 20.5. The fourth-order valence-electron chi connectivity index (χ4n) is 0.447. The standard InChI is InChI=1S/2C6H16N.C3H4O2.ClH/c2*1-5-7(3,4)6-2;1-2-3(4)5;/h2*5-6H2,1-4H3;2H,1H2,(H,4,5);1H/q2*+1;;/p-2. The number of aliphatic carboxylic acids is 1. The van der Waals surface area contributed by atoms with E-state index >= 15 is 0 Å². The Hall–Kier alpha value is -0.580. The molecule has 0 unspecified atom stereocenters. The fraction of sp³-hybridized carbons (Fsp3) is 0.800. The number of carbonyl (C=O) groups is 1. The van der Waals surface area contributed by atoms with Crippen molar-refractivity contribution < 1.29 is 31.3 Å². The van der Waals surface area contributed by atoms with Gasteiger partial charge in [-0.1, -0.05) is 6.58 Å². The van der Waals surface area contributed by atoms with E-state index in [1.54, 1.807) is 0 Å². The Morgan fingerprint density at radius 2 is 1.05 bits per heavy atom. The predicted molar refractivity (Wildman–Crippen MR) is 81.6 cm³/mol. The molecule has 0 saturated heterocycles. The average molecular weight is 311 g/mol.